The first-order chi connectivity index (χ1) is 10.1. The van der Waals surface area contributed by atoms with Crippen LogP contribution in [0.2, 0.25) is 0 Å². The van der Waals surface area contributed by atoms with E-state index in [0.717, 1.165) is 28.8 Å². The molecule has 0 fully saturated rings. The Kier molecular flexibility index (Phi) is 5.16. The Balaban J connectivity index is 2.12. The van der Waals surface area contributed by atoms with Crippen molar-refractivity contribution < 1.29 is 4.74 Å². The molecule has 0 radical (unpaired) electrons. The highest BCUT2D eigenvalue weighted by molar-refractivity contribution is 7.80. The summed E-state index contributed by atoms with van der Waals surface area (Å²) in [5.74, 6) is 0.726. The summed E-state index contributed by atoms with van der Waals surface area (Å²) in [4.78, 5) is 14.9. The maximum atomic E-state index is 12.1. The van der Waals surface area contributed by atoms with Gasteiger partial charge in [-0.25, -0.2) is 0 Å². The zero-order chi connectivity index (χ0) is 15.2. The number of aromatic amines is 1. The van der Waals surface area contributed by atoms with Crippen LogP contribution in [0.25, 0.3) is 10.9 Å². The molecule has 0 aliphatic heterocycles. The summed E-state index contributed by atoms with van der Waals surface area (Å²) < 4.78 is 5.15. The molecule has 0 spiro atoms. The lowest BCUT2D eigenvalue weighted by molar-refractivity contribution is 0.415. The molecule has 3 N–H and O–H groups in total. The van der Waals surface area contributed by atoms with Crippen LogP contribution in [0.3, 0.4) is 0 Å². The SMILES string of the molecule is CCNC(=S)NCCc1cc2ccc(OC)cc2[nH]c1=O. The third-order valence-electron chi connectivity index (χ3n) is 3.15. The van der Waals surface area contributed by atoms with E-state index < -0.39 is 0 Å². The lowest BCUT2D eigenvalue weighted by atomic mass is 10.1. The van der Waals surface area contributed by atoms with Crippen molar-refractivity contribution in [3.8, 4) is 5.75 Å². The quantitative estimate of drug-likeness (QED) is 0.732. The van der Waals surface area contributed by atoms with E-state index in [2.05, 4.69) is 15.6 Å². The smallest absolute Gasteiger partial charge is 0.251 e. The minimum Gasteiger partial charge on any atom is -0.497 e. The first-order valence-corrected chi connectivity index (χ1v) is 7.26. The fourth-order valence-corrected chi connectivity index (χ4v) is 2.32. The second-order valence-electron chi connectivity index (χ2n) is 4.61. The Morgan fingerprint density at radius 1 is 1.33 bits per heavy atom. The molecule has 1 aromatic heterocycles. The highest BCUT2D eigenvalue weighted by Gasteiger charge is 2.04. The Hall–Kier alpha value is -2.08. The van der Waals surface area contributed by atoms with Gasteiger partial charge in [0.2, 0.25) is 0 Å². The van der Waals surface area contributed by atoms with Gasteiger partial charge in [0.25, 0.3) is 5.56 Å². The Morgan fingerprint density at radius 2 is 2.14 bits per heavy atom. The van der Waals surface area contributed by atoms with Gasteiger partial charge in [-0.15, -0.1) is 0 Å². The average Bonchev–Trinajstić information content (AvgIpc) is 2.47. The van der Waals surface area contributed by atoms with E-state index in [-0.39, 0.29) is 5.56 Å². The van der Waals surface area contributed by atoms with Crippen LogP contribution < -0.4 is 20.9 Å². The third kappa shape index (κ3) is 3.95. The molecule has 112 valence electrons. The molecule has 2 aromatic rings. The molecule has 2 rings (SSSR count). The zero-order valence-corrected chi connectivity index (χ0v) is 13.0. The van der Waals surface area contributed by atoms with Crippen LogP contribution in [0, 0.1) is 0 Å². The van der Waals surface area contributed by atoms with Crippen molar-refractivity contribution >= 4 is 28.2 Å². The largest absolute Gasteiger partial charge is 0.497 e. The first-order valence-electron chi connectivity index (χ1n) is 6.85. The van der Waals surface area contributed by atoms with E-state index in [1.165, 1.54) is 0 Å². The van der Waals surface area contributed by atoms with Gasteiger partial charge < -0.3 is 20.4 Å². The number of ether oxygens (including phenoxy) is 1. The third-order valence-corrected chi connectivity index (χ3v) is 3.44. The van der Waals surface area contributed by atoms with Crippen molar-refractivity contribution in [3.05, 3.63) is 40.2 Å². The molecule has 0 bridgehead atoms. The van der Waals surface area contributed by atoms with Gasteiger partial charge in [0, 0.05) is 24.7 Å². The Morgan fingerprint density at radius 3 is 2.86 bits per heavy atom. The van der Waals surface area contributed by atoms with Gasteiger partial charge in [-0.1, -0.05) is 0 Å². The van der Waals surface area contributed by atoms with Crippen molar-refractivity contribution in [2.45, 2.75) is 13.3 Å². The van der Waals surface area contributed by atoms with Gasteiger partial charge in [-0.2, -0.15) is 0 Å². The summed E-state index contributed by atoms with van der Waals surface area (Å²) in [5, 5.41) is 7.68. The number of pyridine rings is 1. The molecule has 0 saturated heterocycles. The van der Waals surface area contributed by atoms with E-state index in [1.54, 1.807) is 7.11 Å². The summed E-state index contributed by atoms with van der Waals surface area (Å²) in [7, 11) is 1.60. The summed E-state index contributed by atoms with van der Waals surface area (Å²) in [6, 6.07) is 7.54. The molecule has 1 heterocycles. The van der Waals surface area contributed by atoms with E-state index in [0.29, 0.717) is 18.1 Å². The second-order valence-corrected chi connectivity index (χ2v) is 5.02. The topological polar surface area (TPSA) is 66.2 Å². The summed E-state index contributed by atoms with van der Waals surface area (Å²) in [5.41, 5.74) is 1.44. The van der Waals surface area contributed by atoms with E-state index in [4.69, 9.17) is 17.0 Å². The number of fused-ring (bicyclic) bond motifs is 1. The highest BCUT2D eigenvalue weighted by atomic mass is 32.1. The molecule has 6 heteroatoms. The number of nitrogens with one attached hydrogen (secondary N) is 3. The number of aromatic nitrogens is 1. The van der Waals surface area contributed by atoms with Gasteiger partial charge >= 0.3 is 0 Å². The van der Waals surface area contributed by atoms with Crippen LogP contribution in [-0.4, -0.2) is 30.3 Å². The Bertz CT molecular complexity index is 697. The normalized spacial score (nSPS) is 10.4. The fourth-order valence-electron chi connectivity index (χ4n) is 2.07. The Labute approximate surface area is 128 Å². The summed E-state index contributed by atoms with van der Waals surface area (Å²) >= 11 is 5.08. The first kappa shape index (κ1) is 15.3. The van der Waals surface area contributed by atoms with Gasteiger partial charge in [0.05, 0.1) is 12.6 Å². The number of benzene rings is 1. The molecule has 0 unspecified atom stereocenters. The maximum absolute atomic E-state index is 12.1. The number of methoxy groups -OCH3 is 1. The highest BCUT2D eigenvalue weighted by Crippen LogP contribution is 2.18. The van der Waals surface area contributed by atoms with Crippen molar-refractivity contribution in [1.29, 1.82) is 0 Å². The maximum Gasteiger partial charge on any atom is 0.251 e. The summed E-state index contributed by atoms with van der Waals surface area (Å²) in [6.07, 6.45) is 0.614. The van der Waals surface area contributed by atoms with E-state index in [9.17, 15) is 4.79 Å². The lowest BCUT2D eigenvalue weighted by Crippen LogP contribution is -2.36. The molecular formula is C15H19N3O2S. The molecule has 0 amide bonds. The molecular weight excluding hydrogens is 286 g/mol. The lowest BCUT2D eigenvalue weighted by Gasteiger charge is -2.09. The molecule has 1 aromatic carbocycles. The van der Waals surface area contributed by atoms with Crippen LogP contribution in [0.1, 0.15) is 12.5 Å². The van der Waals surface area contributed by atoms with Crippen LogP contribution >= 0.6 is 12.2 Å². The van der Waals surface area contributed by atoms with Crippen molar-refractivity contribution in [2.24, 2.45) is 0 Å². The monoisotopic (exact) mass is 305 g/mol. The molecule has 5 nitrogen and oxygen atoms in total. The molecule has 0 atom stereocenters. The van der Waals surface area contributed by atoms with Crippen molar-refractivity contribution in [3.63, 3.8) is 0 Å². The van der Waals surface area contributed by atoms with Crippen molar-refractivity contribution in [1.82, 2.24) is 15.6 Å². The van der Waals surface area contributed by atoms with Gasteiger partial charge in [-0.05, 0) is 49.1 Å². The minimum atomic E-state index is -0.0769. The van der Waals surface area contributed by atoms with Gasteiger partial charge in [0.15, 0.2) is 5.11 Å². The minimum absolute atomic E-state index is 0.0769. The fraction of sp³-hybridized carbons (Fsp3) is 0.333. The number of rotatable bonds is 5. The number of hydrogen-bond acceptors (Lipinski definition) is 3. The molecule has 0 aliphatic carbocycles. The number of thiocarbonyl (C=S) groups is 1. The van der Waals surface area contributed by atoms with Crippen LogP contribution in [0.15, 0.2) is 29.1 Å². The van der Waals surface area contributed by atoms with Gasteiger partial charge in [-0.3, -0.25) is 4.79 Å². The average molecular weight is 305 g/mol. The van der Waals surface area contributed by atoms with E-state index >= 15 is 0 Å². The predicted molar refractivity (Wildman–Crippen MR) is 89.1 cm³/mol. The number of hydrogen-bond donors (Lipinski definition) is 3. The van der Waals surface area contributed by atoms with Crippen LogP contribution in [-0.2, 0) is 6.42 Å². The van der Waals surface area contributed by atoms with E-state index in [1.807, 2.05) is 31.2 Å². The van der Waals surface area contributed by atoms with Crippen LogP contribution in [0.5, 0.6) is 5.75 Å². The second kappa shape index (κ2) is 7.08. The zero-order valence-electron chi connectivity index (χ0n) is 12.2. The van der Waals surface area contributed by atoms with Gasteiger partial charge in [0.1, 0.15) is 5.75 Å². The predicted octanol–water partition coefficient (Wildman–Crippen LogP) is 1.56. The van der Waals surface area contributed by atoms with Crippen molar-refractivity contribution in [2.75, 3.05) is 20.2 Å². The number of H-pyrrole nitrogens is 1. The summed E-state index contributed by atoms with van der Waals surface area (Å²) in [6.45, 7) is 3.39. The molecule has 21 heavy (non-hydrogen) atoms. The van der Waals surface area contributed by atoms with Crippen LogP contribution in [0.4, 0.5) is 0 Å². The standard InChI is InChI=1S/C15H19N3O2S/c1-3-16-15(21)17-7-6-11-8-10-4-5-12(20-2)9-13(10)18-14(11)19/h4-5,8-9H,3,6-7H2,1-2H3,(H,18,19)(H2,16,17,21). The molecule has 0 aliphatic rings. The molecule has 0 saturated carbocycles.